The van der Waals surface area contributed by atoms with Crippen molar-refractivity contribution in [3.63, 3.8) is 0 Å². The molecule has 0 bridgehead atoms. The fourth-order valence-corrected chi connectivity index (χ4v) is 2.71. The molecule has 0 aliphatic rings. The zero-order valence-electron chi connectivity index (χ0n) is 16.2. The molecule has 0 saturated heterocycles. The maximum absolute atomic E-state index is 12.9. The minimum Gasteiger partial charge on any atom is -0.490 e. The van der Waals surface area contributed by atoms with E-state index in [0.717, 1.165) is 18.4 Å². The monoisotopic (exact) mass is 429 g/mol. The zero-order valence-corrected chi connectivity index (χ0v) is 16.2. The topological polar surface area (TPSA) is 64.6 Å². The van der Waals surface area contributed by atoms with Crippen molar-refractivity contribution in [2.45, 2.75) is 6.18 Å². The van der Waals surface area contributed by atoms with Crippen LogP contribution in [-0.4, -0.2) is 25.5 Å². The molecule has 3 aromatic carbocycles. The summed E-state index contributed by atoms with van der Waals surface area (Å²) < 4.78 is 49.4. The number of hydrogen-bond acceptors (Lipinski definition) is 5. The van der Waals surface area contributed by atoms with Gasteiger partial charge >= 0.3 is 12.1 Å². The van der Waals surface area contributed by atoms with Crippen LogP contribution >= 0.6 is 0 Å². The first-order chi connectivity index (χ1) is 14.9. The first kappa shape index (κ1) is 21.9. The van der Waals surface area contributed by atoms with E-state index >= 15 is 0 Å². The summed E-state index contributed by atoms with van der Waals surface area (Å²) in [5.41, 5.74) is 0.407. The van der Waals surface area contributed by atoms with Gasteiger partial charge in [-0.05, 0) is 54.6 Å². The number of rotatable bonds is 8. The highest BCUT2D eigenvalue weighted by Gasteiger charge is 2.30. The molecule has 0 atom stereocenters. The van der Waals surface area contributed by atoms with Gasteiger partial charge in [0.05, 0.1) is 16.8 Å². The van der Waals surface area contributed by atoms with Crippen LogP contribution in [-0.2, 0) is 10.9 Å². The van der Waals surface area contributed by atoms with Crippen molar-refractivity contribution in [1.82, 2.24) is 0 Å². The van der Waals surface area contributed by atoms with E-state index in [1.807, 2.05) is 0 Å². The fourth-order valence-electron chi connectivity index (χ4n) is 2.71. The lowest BCUT2D eigenvalue weighted by molar-refractivity contribution is -0.137. The Morgan fingerprint density at radius 1 is 0.935 bits per heavy atom. The first-order valence-electron chi connectivity index (χ1n) is 9.25. The molecule has 0 heterocycles. The van der Waals surface area contributed by atoms with E-state index in [2.05, 4.69) is 5.32 Å². The molecule has 3 rings (SSSR count). The Morgan fingerprint density at radius 3 is 2.39 bits per heavy atom. The number of carbonyl (C=O) groups excluding carboxylic acids is 2. The number of anilines is 2. The Hall–Kier alpha value is -3.81. The second-order valence-corrected chi connectivity index (χ2v) is 6.42. The lowest BCUT2D eigenvalue weighted by Gasteiger charge is -2.14. The van der Waals surface area contributed by atoms with E-state index in [1.54, 1.807) is 42.5 Å². The standard InChI is InChI=1S/C23H18F3NO4/c24-23(25,26)17-4-3-5-18(14-17)27-21-7-2-1-6-20(21)22(29)31-13-12-30-19-10-8-16(15-28)9-11-19/h1-11,14-15,27H,12-13H2. The second-order valence-electron chi connectivity index (χ2n) is 6.42. The molecule has 0 radical (unpaired) electrons. The van der Waals surface area contributed by atoms with Crippen LogP contribution < -0.4 is 10.1 Å². The van der Waals surface area contributed by atoms with Crippen molar-refractivity contribution in [3.8, 4) is 5.75 Å². The molecule has 0 amide bonds. The van der Waals surface area contributed by atoms with Gasteiger partial charge < -0.3 is 14.8 Å². The van der Waals surface area contributed by atoms with Crippen molar-refractivity contribution in [2.24, 2.45) is 0 Å². The molecule has 31 heavy (non-hydrogen) atoms. The lowest BCUT2D eigenvalue weighted by atomic mass is 10.1. The number of alkyl halides is 3. The molecule has 5 nitrogen and oxygen atoms in total. The van der Waals surface area contributed by atoms with Gasteiger partial charge in [-0.1, -0.05) is 18.2 Å². The number of para-hydroxylation sites is 1. The number of esters is 1. The number of aldehydes is 1. The number of nitrogens with one attached hydrogen (secondary N) is 1. The largest absolute Gasteiger partial charge is 0.490 e. The molecular weight excluding hydrogens is 411 g/mol. The quantitative estimate of drug-likeness (QED) is 0.291. The normalized spacial score (nSPS) is 10.9. The summed E-state index contributed by atoms with van der Waals surface area (Å²) in [4.78, 5) is 23.1. The summed E-state index contributed by atoms with van der Waals surface area (Å²) in [6.45, 7) is 0.0571. The summed E-state index contributed by atoms with van der Waals surface area (Å²) in [5.74, 6) is -0.122. The van der Waals surface area contributed by atoms with E-state index in [1.165, 1.54) is 18.2 Å². The van der Waals surface area contributed by atoms with Gasteiger partial charge in [-0.3, -0.25) is 4.79 Å². The summed E-state index contributed by atoms with van der Waals surface area (Å²) in [6, 6.07) is 17.5. The van der Waals surface area contributed by atoms with E-state index in [0.29, 0.717) is 17.0 Å². The van der Waals surface area contributed by atoms with Gasteiger partial charge in [0, 0.05) is 11.3 Å². The van der Waals surface area contributed by atoms with Gasteiger partial charge in [-0.2, -0.15) is 13.2 Å². The maximum atomic E-state index is 12.9. The minimum absolute atomic E-state index is 0.0356. The van der Waals surface area contributed by atoms with E-state index < -0.39 is 17.7 Å². The van der Waals surface area contributed by atoms with Crippen LogP contribution in [0.4, 0.5) is 24.5 Å². The molecule has 0 aliphatic carbocycles. The third-order valence-electron chi connectivity index (χ3n) is 4.22. The lowest BCUT2D eigenvalue weighted by Crippen LogP contribution is -2.13. The van der Waals surface area contributed by atoms with Crippen LogP contribution in [0, 0.1) is 0 Å². The van der Waals surface area contributed by atoms with Crippen molar-refractivity contribution >= 4 is 23.6 Å². The van der Waals surface area contributed by atoms with Gasteiger partial charge in [0.1, 0.15) is 25.2 Å². The van der Waals surface area contributed by atoms with Crippen molar-refractivity contribution in [1.29, 1.82) is 0 Å². The highest BCUT2D eigenvalue weighted by atomic mass is 19.4. The second kappa shape index (κ2) is 9.80. The predicted molar refractivity (Wildman–Crippen MR) is 109 cm³/mol. The Bertz CT molecular complexity index is 1050. The molecule has 3 aromatic rings. The van der Waals surface area contributed by atoms with Crippen LogP contribution in [0.2, 0.25) is 0 Å². The number of halogens is 3. The molecular formula is C23H18F3NO4. The number of hydrogen-bond donors (Lipinski definition) is 1. The van der Waals surface area contributed by atoms with Crippen molar-refractivity contribution in [2.75, 3.05) is 18.5 Å². The molecule has 160 valence electrons. The molecule has 0 spiro atoms. The van der Waals surface area contributed by atoms with Crippen LogP contribution in [0.1, 0.15) is 26.3 Å². The smallest absolute Gasteiger partial charge is 0.416 e. The average Bonchev–Trinajstić information content (AvgIpc) is 2.77. The Morgan fingerprint density at radius 2 is 1.68 bits per heavy atom. The third kappa shape index (κ3) is 6.08. The van der Waals surface area contributed by atoms with Crippen LogP contribution in [0.3, 0.4) is 0 Å². The van der Waals surface area contributed by atoms with Gasteiger partial charge in [-0.25, -0.2) is 4.79 Å². The maximum Gasteiger partial charge on any atom is 0.416 e. The molecule has 0 aliphatic heterocycles. The highest BCUT2D eigenvalue weighted by molar-refractivity contribution is 5.96. The van der Waals surface area contributed by atoms with Crippen LogP contribution in [0.5, 0.6) is 5.75 Å². The number of ether oxygens (including phenoxy) is 2. The van der Waals surface area contributed by atoms with Crippen molar-refractivity contribution < 1.29 is 32.2 Å². The van der Waals surface area contributed by atoms with E-state index in [9.17, 15) is 22.8 Å². The molecule has 0 unspecified atom stereocenters. The summed E-state index contributed by atoms with van der Waals surface area (Å²) >= 11 is 0. The molecule has 1 N–H and O–H groups in total. The van der Waals surface area contributed by atoms with Gasteiger partial charge in [-0.15, -0.1) is 0 Å². The fraction of sp³-hybridized carbons (Fsp3) is 0.130. The molecule has 8 heteroatoms. The third-order valence-corrected chi connectivity index (χ3v) is 4.22. The van der Waals surface area contributed by atoms with Crippen LogP contribution in [0.15, 0.2) is 72.8 Å². The molecule has 0 aromatic heterocycles. The summed E-state index contributed by atoms with van der Waals surface area (Å²) in [6.07, 6.45) is -3.75. The number of benzene rings is 3. The van der Waals surface area contributed by atoms with E-state index in [-0.39, 0.29) is 24.5 Å². The molecule has 0 fully saturated rings. The first-order valence-corrected chi connectivity index (χ1v) is 9.25. The highest BCUT2D eigenvalue weighted by Crippen LogP contribution is 2.32. The van der Waals surface area contributed by atoms with E-state index in [4.69, 9.17) is 9.47 Å². The average molecular weight is 429 g/mol. The Balaban J connectivity index is 1.60. The number of carbonyl (C=O) groups is 2. The minimum atomic E-state index is -4.47. The van der Waals surface area contributed by atoms with Gasteiger partial charge in [0.15, 0.2) is 0 Å². The Labute approximate surface area is 176 Å². The zero-order chi connectivity index (χ0) is 22.3. The van der Waals surface area contributed by atoms with Crippen LogP contribution in [0.25, 0.3) is 0 Å². The SMILES string of the molecule is O=Cc1ccc(OCCOC(=O)c2ccccc2Nc2cccc(C(F)(F)F)c2)cc1. The molecule has 0 saturated carbocycles. The van der Waals surface area contributed by atoms with Crippen molar-refractivity contribution in [3.05, 3.63) is 89.5 Å². The van der Waals surface area contributed by atoms with Gasteiger partial charge in [0.2, 0.25) is 0 Å². The Kier molecular flexibility index (Phi) is 6.92. The van der Waals surface area contributed by atoms with Gasteiger partial charge in [0.25, 0.3) is 0 Å². The summed E-state index contributed by atoms with van der Waals surface area (Å²) in [5, 5.41) is 2.83. The summed E-state index contributed by atoms with van der Waals surface area (Å²) in [7, 11) is 0. The predicted octanol–water partition coefficient (Wildman–Crippen LogP) is 5.50.